The highest BCUT2D eigenvalue weighted by Gasteiger charge is 2.52. The smallest absolute Gasteiger partial charge is 0.260 e. The number of rotatable bonds is 5. The largest absolute Gasteiger partial charge is 0.284 e. The Hall–Kier alpha value is -1.91. The van der Waals surface area contributed by atoms with Crippen LogP contribution in [0.1, 0.15) is 12.5 Å². The van der Waals surface area contributed by atoms with Gasteiger partial charge < -0.3 is 0 Å². The summed E-state index contributed by atoms with van der Waals surface area (Å²) >= 11 is 15.8. The molecule has 0 aliphatic carbocycles. The van der Waals surface area contributed by atoms with E-state index in [0.29, 0.717) is 15.7 Å². The molecular formula is C21H19BrCl2N4O3S. The number of amides is 1. The van der Waals surface area contributed by atoms with Gasteiger partial charge in [0.2, 0.25) is 5.95 Å². The van der Waals surface area contributed by atoms with E-state index in [4.69, 9.17) is 23.2 Å². The summed E-state index contributed by atoms with van der Waals surface area (Å²) in [5.41, 5.74) is 0.0166. The van der Waals surface area contributed by atoms with Gasteiger partial charge in [-0.15, -0.1) is 0 Å². The molecule has 1 aliphatic heterocycles. The molecule has 7 nitrogen and oxygen atoms in total. The number of imidazole rings is 1. The molecule has 32 heavy (non-hydrogen) atoms. The van der Waals surface area contributed by atoms with E-state index in [1.807, 2.05) is 24.3 Å². The lowest BCUT2D eigenvalue weighted by Crippen LogP contribution is -2.42. The van der Waals surface area contributed by atoms with E-state index >= 15 is 0 Å². The number of halogens is 3. The van der Waals surface area contributed by atoms with Crippen molar-refractivity contribution < 1.29 is 13.2 Å². The summed E-state index contributed by atoms with van der Waals surface area (Å²) in [5.74, 6) is -0.148. The zero-order chi connectivity index (χ0) is 23.4. The predicted octanol–water partition coefficient (Wildman–Crippen LogP) is 4.84. The van der Waals surface area contributed by atoms with Gasteiger partial charge in [-0.3, -0.25) is 9.36 Å². The molecule has 0 radical (unpaired) electrons. The van der Waals surface area contributed by atoms with Crippen molar-refractivity contribution >= 4 is 66.7 Å². The van der Waals surface area contributed by atoms with Gasteiger partial charge in [-0.25, -0.2) is 22.6 Å². The molecule has 4 rings (SSSR count). The van der Waals surface area contributed by atoms with Crippen molar-refractivity contribution in [2.24, 2.45) is 0 Å². The summed E-state index contributed by atoms with van der Waals surface area (Å²) in [4.78, 5) is 19.5. The highest BCUT2D eigenvalue weighted by atomic mass is 79.9. The molecule has 2 heterocycles. The molecule has 3 aromatic rings. The minimum atomic E-state index is -3.88. The van der Waals surface area contributed by atoms with Crippen molar-refractivity contribution in [3.63, 3.8) is 0 Å². The van der Waals surface area contributed by atoms with Crippen LogP contribution in [-0.4, -0.2) is 42.3 Å². The Bertz CT molecular complexity index is 1310. The Morgan fingerprint density at radius 1 is 1.09 bits per heavy atom. The molecule has 1 aliphatic rings. The third-order valence-electron chi connectivity index (χ3n) is 5.38. The average molecular weight is 558 g/mol. The second kappa shape index (κ2) is 8.14. The van der Waals surface area contributed by atoms with E-state index in [9.17, 15) is 13.2 Å². The third kappa shape index (κ3) is 3.76. The first kappa shape index (κ1) is 23.3. The lowest BCUT2D eigenvalue weighted by molar-refractivity contribution is -0.124. The quantitative estimate of drug-likeness (QED) is 0.450. The number of sulfonamides is 1. The van der Waals surface area contributed by atoms with Crippen LogP contribution >= 0.6 is 39.1 Å². The number of carbonyl (C=O) groups is 1. The van der Waals surface area contributed by atoms with E-state index in [0.717, 1.165) is 14.3 Å². The summed E-state index contributed by atoms with van der Waals surface area (Å²) in [6.45, 7) is 1.71. The van der Waals surface area contributed by atoms with Crippen molar-refractivity contribution in [1.82, 2.24) is 13.9 Å². The van der Waals surface area contributed by atoms with E-state index in [2.05, 4.69) is 20.9 Å². The molecule has 168 valence electrons. The topological polar surface area (TPSA) is 75.5 Å². The third-order valence-corrected chi connectivity index (χ3v) is 8.12. The first-order valence-electron chi connectivity index (χ1n) is 9.51. The maximum absolute atomic E-state index is 13.8. The summed E-state index contributed by atoms with van der Waals surface area (Å²) in [6.07, 6.45) is 1.53. The summed E-state index contributed by atoms with van der Waals surface area (Å²) in [7, 11) is -1.00. The minimum Gasteiger partial charge on any atom is -0.284 e. The maximum atomic E-state index is 13.8. The molecular weight excluding hydrogens is 539 g/mol. The number of hydrogen-bond acceptors (Lipinski definition) is 4. The highest BCUT2D eigenvalue weighted by molar-refractivity contribution is 9.10. The lowest BCUT2D eigenvalue weighted by atomic mass is 9.92. The second-order valence-electron chi connectivity index (χ2n) is 7.86. The van der Waals surface area contributed by atoms with Gasteiger partial charge in [-0.2, -0.15) is 0 Å². The van der Waals surface area contributed by atoms with Crippen LogP contribution in [0.2, 0.25) is 10.0 Å². The molecule has 1 aromatic heterocycles. The van der Waals surface area contributed by atoms with Crippen LogP contribution in [0.25, 0.3) is 0 Å². The van der Waals surface area contributed by atoms with Gasteiger partial charge in [0.25, 0.3) is 15.9 Å². The van der Waals surface area contributed by atoms with Crippen molar-refractivity contribution in [3.8, 4) is 0 Å². The van der Waals surface area contributed by atoms with E-state index in [1.54, 1.807) is 25.1 Å². The van der Waals surface area contributed by atoms with Gasteiger partial charge in [-0.05, 0) is 42.8 Å². The summed E-state index contributed by atoms with van der Waals surface area (Å²) in [6, 6.07) is 12.3. The maximum Gasteiger partial charge on any atom is 0.260 e. The fourth-order valence-corrected chi connectivity index (χ4v) is 5.65. The Labute approximate surface area is 204 Å². The number of aromatic nitrogens is 2. The van der Waals surface area contributed by atoms with Gasteiger partial charge >= 0.3 is 0 Å². The van der Waals surface area contributed by atoms with Crippen molar-refractivity contribution in [3.05, 3.63) is 68.7 Å². The van der Waals surface area contributed by atoms with Gasteiger partial charge in [0, 0.05) is 35.0 Å². The van der Waals surface area contributed by atoms with E-state index < -0.39 is 15.6 Å². The molecule has 0 unspecified atom stereocenters. The SMILES string of the molecule is CN(C)S(=O)(=O)c1cnc2n1[C@](C)(Cc1ccc(Br)cc1)C(=O)N2c1cc(Cl)cc(Cl)c1. The second-order valence-corrected chi connectivity index (χ2v) is 11.8. The van der Waals surface area contributed by atoms with E-state index in [1.165, 1.54) is 29.8 Å². The molecule has 0 N–H and O–H groups in total. The minimum absolute atomic E-state index is 0.0684. The fraction of sp³-hybridized carbons (Fsp3) is 0.238. The number of anilines is 2. The number of hydrogen-bond donors (Lipinski definition) is 0. The van der Waals surface area contributed by atoms with Gasteiger partial charge in [0.05, 0.1) is 11.9 Å². The normalized spacial score (nSPS) is 18.5. The van der Waals surface area contributed by atoms with Crippen molar-refractivity contribution in [2.45, 2.75) is 23.9 Å². The first-order chi connectivity index (χ1) is 14.9. The molecule has 0 fully saturated rings. The molecule has 0 saturated carbocycles. The average Bonchev–Trinajstić information content (AvgIpc) is 3.22. The lowest BCUT2D eigenvalue weighted by Gasteiger charge is -2.27. The number of fused-ring (bicyclic) bond motifs is 1. The molecule has 1 amide bonds. The zero-order valence-corrected chi connectivity index (χ0v) is 21.3. The van der Waals surface area contributed by atoms with Crippen LogP contribution in [0.3, 0.4) is 0 Å². The van der Waals surface area contributed by atoms with Crippen LogP contribution in [0.15, 0.2) is 58.2 Å². The standard InChI is InChI=1S/C21H19BrCl2N4O3S/c1-21(11-13-4-6-14(22)7-5-13)19(29)27(17-9-15(23)8-16(24)10-17)20-25-12-18(28(20)21)32(30,31)26(2)3/h4-10,12H,11H2,1-3H3/t21-/m1/s1. The molecule has 2 aromatic carbocycles. The van der Waals surface area contributed by atoms with Crippen LogP contribution in [0.4, 0.5) is 11.6 Å². The first-order valence-corrected chi connectivity index (χ1v) is 12.5. The molecule has 1 atom stereocenters. The molecule has 0 saturated heterocycles. The van der Waals surface area contributed by atoms with Gasteiger partial charge in [-0.1, -0.05) is 51.3 Å². The van der Waals surface area contributed by atoms with Crippen LogP contribution < -0.4 is 4.90 Å². The molecule has 0 bridgehead atoms. The zero-order valence-electron chi connectivity index (χ0n) is 17.4. The Morgan fingerprint density at radius 2 is 1.69 bits per heavy atom. The van der Waals surface area contributed by atoms with Gasteiger partial charge in [0.1, 0.15) is 5.54 Å². The van der Waals surface area contributed by atoms with E-state index in [-0.39, 0.29) is 23.3 Å². The Kier molecular flexibility index (Phi) is 5.92. The van der Waals surface area contributed by atoms with Crippen molar-refractivity contribution in [2.75, 3.05) is 19.0 Å². The van der Waals surface area contributed by atoms with Crippen molar-refractivity contribution in [1.29, 1.82) is 0 Å². The monoisotopic (exact) mass is 556 g/mol. The predicted molar refractivity (Wildman–Crippen MR) is 128 cm³/mol. The fourth-order valence-electron chi connectivity index (χ4n) is 3.80. The van der Waals surface area contributed by atoms with Crippen LogP contribution in [0.5, 0.6) is 0 Å². The molecule has 0 spiro atoms. The Morgan fingerprint density at radius 3 is 2.25 bits per heavy atom. The van der Waals surface area contributed by atoms with Gasteiger partial charge in [0.15, 0.2) is 5.03 Å². The highest BCUT2D eigenvalue weighted by Crippen LogP contribution is 2.44. The van der Waals surface area contributed by atoms with Crippen LogP contribution in [0, 0.1) is 0 Å². The molecule has 11 heteroatoms. The number of nitrogens with zero attached hydrogens (tertiary/aromatic N) is 4. The number of carbonyl (C=O) groups excluding carboxylic acids is 1. The number of benzene rings is 2. The van der Waals surface area contributed by atoms with Crippen LogP contribution in [-0.2, 0) is 26.8 Å². The Balaban J connectivity index is 1.95. The summed E-state index contributed by atoms with van der Waals surface area (Å²) in [5, 5.41) is 0.628. The summed E-state index contributed by atoms with van der Waals surface area (Å²) < 4.78 is 29.7.